The molecule has 1 atom stereocenters. The van der Waals surface area contributed by atoms with Gasteiger partial charge >= 0.3 is 0 Å². The summed E-state index contributed by atoms with van der Waals surface area (Å²) >= 11 is 4.76. The number of carbonyl (C=O) groups excluding carboxylic acids is 1. The van der Waals surface area contributed by atoms with Crippen LogP contribution in [0.4, 0.5) is 0 Å². The Morgan fingerprint density at radius 1 is 1.47 bits per heavy atom. The summed E-state index contributed by atoms with van der Waals surface area (Å²) < 4.78 is 0. The van der Waals surface area contributed by atoms with Gasteiger partial charge in [0, 0.05) is 12.6 Å². The van der Waals surface area contributed by atoms with E-state index in [2.05, 4.69) is 20.8 Å². The number of carbonyl (C=O) groups is 1. The monoisotopic (exact) mass is 230 g/mol. The molecule has 0 aromatic carbocycles. The molecular formula is C11H22N2OS. The maximum atomic E-state index is 11.8. The second-order valence-corrected chi connectivity index (χ2v) is 4.37. The Kier molecular flexibility index (Phi) is 7.30. The van der Waals surface area contributed by atoms with Gasteiger partial charge in [-0.3, -0.25) is 4.79 Å². The molecule has 2 N–H and O–H groups in total. The van der Waals surface area contributed by atoms with Crippen molar-refractivity contribution in [1.29, 1.82) is 0 Å². The standard InChI is InChI=1S/C11H22N2OS/c1-4-6-7-13(9(3)5-2)11(14)8-10(12)15/h9H,4-8H2,1-3H3,(H2,12,15). The molecule has 1 unspecified atom stereocenters. The minimum absolute atomic E-state index is 0.0605. The second kappa shape index (κ2) is 7.63. The summed E-state index contributed by atoms with van der Waals surface area (Å²) in [5, 5.41) is 0. The van der Waals surface area contributed by atoms with Crippen LogP contribution in [0.15, 0.2) is 0 Å². The number of nitrogens with two attached hydrogens (primary N) is 1. The molecular weight excluding hydrogens is 208 g/mol. The van der Waals surface area contributed by atoms with Gasteiger partial charge in [0.25, 0.3) is 0 Å². The summed E-state index contributed by atoms with van der Waals surface area (Å²) in [6.07, 6.45) is 3.29. The normalized spacial score (nSPS) is 12.2. The molecule has 0 aromatic heterocycles. The lowest BCUT2D eigenvalue weighted by molar-refractivity contribution is -0.132. The fourth-order valence-corrected chi connectivity index (χ4v) is 1.51. The van der Waals surface area contributed by atoms with Gasteiger partial charge in [-0.15, -0.1) is 0 Å². The molecule has 4 heteroatoms. The SMILES string of the molecule is CCCCN(C(=O)CC(N)=S)C(C)CC. The van der Waals surface area contributed by atoms with Crippen molar-refractivity contribution in [3.63, 3.8) is 0 Å². The maximum Gasteiger partial charge on any atom is 0.229 e. The first-order valence-corrected chi connectivity index (χ1v) is 6.01. The van der Waals surface area contributed by atoms with Crippen LogP contribution in [0.25, 0.3) is 0 Å². The summed E-state index contributed by atoms with van der Waals surface area (Å²) in [6, 6.07) is 0.276. The van der Waals surface area contributed by atoms with Gasteiger partial charge in [0.05, 0.1) is 11.4 Å². The van der Waals surface area contributed by atoms with Gasteiger partial charge in [-0.1, -0.05) is 32.5 Å². The number of rotatable bonds is 7. The van der Waals surface area contributed by atoms with Gasteiger partial charge in [-0.2, -0.15) is 0 Å². The fraction of sp³-hybridized carbons (Fsp3) is 0.818. The van der Waals surface area contributed by atoms with Crippen molar-refractivity contribution in [3.05, 3.63) is 0 Å². The summed E-state index contributed by atoms with van der Waals surface area (Å²) in [7, 11) is 0. The number of amides is 1. The van der Waals surface area contributed by atoms with Gasteiger partial charge in [0.2, 0.25) is 5.91 Å². The first-order valence-electron chi connectivity index (χ1n) is 5.60. The number of thiocarbonyl (C=S) groups is 1. The Balaban J connectivity index is 4.33. The fourth-order valence-electron chi connectivity index (χ4n) is 1.39. The van der Waals surface area contributed by atoms with E-state index < -0.39 is 0 Å². The molecule has 0 saturated heterocycles. The third kappa shape index (κ3) is 5.72. The van der Waals surface area contributed by atoms with E-state index in [1.54, 1.807) is 0 Å². The van der Waals surface area contributed by atoms with Gasteiger partial charge < -0.3 is 10.6 Å². The maximum absolute atomic E-state index is 11.8. The predicted octanol–water partition coefficient (Wildman–Crippen LogP) is 2.09. The van der Waals surface area contributed by atoms with Crippen LogP contribution in [0.2, 0.25) is 0 Å². The number of unbranched alkanes of at least 4 members (excludes halogenated alkanes) is 1. The zero-order valence-electron chi connectivity index (χ0n) is 9.95. The van der Waals surface area contributed by atoms with E-state index in [9.17, 15) is 4.79 Å². The number of hydrogen-bond donors (Lipinski definition) is 1. The van der Waals surface area contributed by atoms with Crippen LogP contribution < -0.4 is 5.73 Å². The third-order valence-corrected chi connectivity index (χ3v) is 2.67. The van der Waals surface area contributed by atoms with E-state index in [1.807, 2.05) is 4.90 Å². The Morgan fingerprint density at radius 3 is 2.47 bits per heavy atom. The van der Waals surface area contributed by atoms with E-state index in [1.165, 1.54) is 0 Å². The second-order valence-electron chi connectivity index (χ2n) is 3.84. The van der Waals surface area contributed by atoms with Crippen molar-refractivity contribution >= 4 is 23.1 Å². The highest BCUT2D eigenvalue weighted by molar-refractivity contribution is 7.80. The molecule has 88 valence electrons. The minimum atomic E-state index is 0.0605. The molecule has 0 aliphatic carbocycles. The van der Waals surface area contributed by atoms with E-state index in [0.29, 0.717) is 0 Å². The Morgan fingerprint density at radius 2 is 2.07 bits per heavy atom. The molecule has 1 amide bonds. The molecule has 0 aromatic rings. The summed E-state index contributed by atoms with van der Waals surface area (Å²) in [6.45, 7) is 7.07. The summed E-state index contributed by atoms with van der Waals surface area (Å²) in [5.74, 6) is 0.0605. The Labute approximate surface area is 98.0 Å². The van der Waals surface area contributed by atoms with Crippen molar-refractivity contribution in [2.45, 2.75) is 52.5 Å². The van der Waals surface area contributed by atoms with Crippen LogP contribution in [-0.4, -0.2) is 28.4 Å². The first-order chi connectivity index (χ1) is 7.02. The Hall–Kier alpha value is -0.640. The molecule has 3 nitrogen and oxygen atoms in total. The highest BCUT2D eigenvalue weighted by Crippen LogP contribution is 2.08. The lowest BCUT2D eigenvalue weighted by Crippen LogP contribution is -2.40. The highest BCUT2D eigenvalue weighted by Gasteiger charge is 2.18. The highest BCUT2D eigenvalue weighted by atomic mass is 32.1. The van der Waals surface area contributed by atoms with Gasteiger partial charge in [-0.25, -0.2) is 0 Å². The molecule has 0 saturated carbocycles. The number of nitrogens with zero attached hydrogens (tertiary/aromatic N) is 1. The van der Waals surface area contributed by atoms with Gasteiger partial charge in [-0.05, 0) is 19.8 Å². The van der Waals surface area contributed by atoms with E-state index in [4.69, 9.17) is 18.0 Å². The first kappa shape index (κ1) is 14.4. The Bertz CT molecular complexity index is 219. The van der Waals surface area contributed by atoms with Crippen LogP contribution in [0.5, 0.6) is 0 Å². The lowest BCUT2D eigenvalue weighted by Gasteiger charge is -2.28. The summed E-state index contributed by atoms with van der Waals surface area (Å²) in [4.78, 5) is 14.0. The van der Waals surface area contributed by atoms with Crippen LogP contribution in [0, 0.1) is 0 Å². The average Bonchev–Trinajstić information content (AvgIpc) is 2.16. The molecule has 15 heavy (non-hydrogen) atoms. The molecule has 0 fully saturated rings. The van der Waals surface area contributed by atoms with Crippen molar-refractivity contribution in [2.75, 3.05) is 6.54 Å². The minimum Gasteiger partial charge on any atom is -0.393 e. The predicted molar refractivity (Wildman–Crippen MR) is 67.8 cm³/mol. The zero-order valence-corrected chi connectivity index (χ0v) is 10.8. The zero-order chi connectivity index (χ0) is 11.8. The summed E-state index contributed by atoms with van der Waals surface area (Å²) in [5.41, 5.74) is 5.39. The molecule has 0 rings (SSSR count). The molecule has 0 aliphatic rings. The topological polar surface area (TPSA) is 46.3 Å². The smallest absolute Gasteiger partial charge is 0.229 e. The van der Waals surface area contributed by atoms with Crippen molar-refractivity contribution < 1.29 is 4.79 Å². The molecule has 0 radical (unpaired) electrons. The lowest BCUT2D eigenvalue weighted by atomic mass is 10.2. The number of hydrogen-bond acceptors (Lipinski definition) is 2. The third-order valence-electron chi connectivity index (χ3n) is 2.52. The molecule has 0 aliphatic heterocycles. The van der Waals surface area contributed by atoms with Crippen LogP contribution in [0.1, 0.15) is 46.5 Å². The van der Waals surface area contributed by atoms with E-state index in [0.717, 1.165) is 25.8 Å². The van der Waals surface area contributed by atoms with Gasteiger partial charge in [0.1, 0.15) is 0 Å². The molecule has 0 spiro atoms. The van der Waals surface area contributed by atoms with Crippen molar-refractivity contribution in [3.8, 4) is 0 Å². The molecule has 0 heterocycles. The largest absolute Gasteiger partial charge is 0.393 e. The van der Waals surface area contributed by atoms with Crippen molar-refractivity contribution in [2.24, 2.45) is 5.73 Å². The molecule has 0 bridgehead atoms. The van der Waals surface area contributed by atoms with Crippen LogP contribution in [0.3, 0.4) is 0 Å². The van der Waals surface area contributed by atoms with Crippen LogP contribution >= 0.6 is 12.2 Å². The van der Waals surface area contributed by atoms with Gasteiger partial charge in [0.15, 0.2) is 0 Å². The van der Waals surface area contributed by atoms with Crippen LogP contribution in [-0.2, 0) is 4.79 Å². The van der Waals surface area contributed by atoms with E-state index in [-0.39, 0.29) is 23.4 Å². The quantitative estimate of drug-likeness (QED) is 0.681. The average molecular weight is 230 g/mol. The van der Waals surface area contributed by atoms with E-state index >= 15 is 0 Å². The van der Waals surface area contributed by atoms with Crippen molar-refractivity contribution in [1.82, 2.24) is 4.90 Å².